The van der Waals surface area contributed by atoms with Gasteiger partial charge in [0.05, 0.1) is 6.04 Å². The molecule has 1 atom stereocenters. The summed E-state index contributed by atoms with van der Waals surface area (Å²) in [5.74, 6) is 0.324. The molecule has 0 aliphatic carbocycles. The van der Waals surface area contributed by atoms with Crippen molar-refractivity contribution in [1.29, 1.82) is 0 Å². The van der Waals surface area contributed by atoms with E-state index < -0.39 is 5.91 Å². The molecule has 1 unspecified atom stereocenters. The summed E-state index contributed by atoms with van der Waals surface area (Å²) in [5, 5.41) is 3.43. The molecular formula is C15H18N4O. The Kier molecular flexibility index (Phi) is 3.18. The van der Waals surface area contributed by atoms with E-state index in [2.05, 4.69) is 34.3 Å². The SMILES string of the molecule is CCCc1[nH]c(C2Cc3ccccc3N2)nc1C(N)=O. The first kappa shape index (κ1) is 12.7. The van der Waals surface area contributed by atoms with E-state index in [0.717, 1.165) is 36.5 Å². The molecule has 1 aromatic heterocycles. The zero-order valence-corrected chi connectivity index (χ0v) is 11.4. The van der Waals surface area contributed by atoms with Gasteiger partial charge in [-0.1, -0.05) is 31.5 Å². The highest BCUT2D eigenvalue weighted by atomic mass is 16.1. The molecular weight excluding hydrogens is 252 g/mol. The predicted octanol–water partition coefficient (Wildman–Crippen LogP) is 2.17. The van der Waals surface area contributed by atoms with Crippen molar-refractivity contribution in [2.45, 2.75) is 32.2 Å². The molecule has 0 saturated carbocycles. The van der Waals surface area contributed by atoms with Gasteiger partial charge in [0.15, 0.2) is 0 Å². The summed E-state index contributed by atoms with van der Waals surface area (Å²) >= 11 is 0. The fraction of sp³-hybridized carbons (Fsp3) is 0.333. The van der Waals surface area contributed by atoms with Gasteiger partial charge in [0.1, 0.15) is 11.5 Å². The van der Waals surface area contributed by atoms with Crippen molar-refractivity contribution in [3.63, 3.8) is 0 Å². The lowest BCUT2D eigenvalue weighted by molar-refractivity contribution is 0.0995. The third kappa shape index (κ3) is 2.15. The van der Waals surface area contributed by atoms with E-state index in [1.54, 1.807) is 0 Å². The maximum atomic E-state index is 11.5. The average molecular weight is 270 g/mol. The van der Waals surface area contributed by atoms with Crippen molar-refractivity contribution in [2.75, 3.05) is 5.32 Å². The van der Waals surface area contributed by atoms with Crippen LogP contribution in [0.1, 0.15) is 47.0 Å². The number of aryl methyl sites for hydroxylation is 1. The van der Waals surface area contributed by atoms with Crippen LogP contribution in [0.25, 0.3) is 0 Å². The molecule has 0 radical (unpaired) electrons. The van der Waals surface area contributed by atoms with Crippen LogP contribution in [0.4, 0.5) is 5.69 Å². The number of nitrogens with one attached hydrogen (secondary N) is 2. The average Bonchev–Trinajstić information content (AvgIpc) is 3.02. The van der Waals surface area contributed by atoms with Gasteiger partial charge < -0.3 is 16.0 Å². The first-order chi connectivity index (χ1) is 9.69. The van der Waals surface area contributed by atoms with Crippen LogP contribution in [0.15, 0.2) is 24.3 Å². The van der Waals surface area contributed by atoms with Crippen LogP contribution in [0.5, 0.6) is 0 Å². The van der Waals surface area contributed by atoms with E-state index in [1.807, 2.05) is 12.1 Å². The number of aromatic amines is 1. The maximum Gasteiger partial charge on any atom is 0.269 e. The summed E-state index contributed by atoms with van der Waals surface area (Å²) in [6.07, 6.45) is 2.60. The number of imidazole rings is 1. The number of primary amides is 1. The Morgan fingerprint density at radius 1 is 1.45 bits per heavy atom. The van der Waals surface area contributed by atoms with Gasteiger partial charge in [0.25, 0.3) is 5.91 Å². The zero-order valence-electron chi connectivity index (χ0n) is 11.4. The number of benzene rings is 1. The van der Waals surface area contributed by atoms with Gasteiger partial charge in [-0.05, 0) is 18.1 Å². The molecule has 2 heterocycles. The summed E-state index contributed by atoms with van der Waals surface area (Å²) < 4.78 is 0. The Bertz CT molecular complexity index is 622. The Hall–Kier alpha value is -2.30. The Balaban J connectivity index is 1.89. The van der Waals surface area contributed by atoms with E-state index in [-0.39, 0.29) is 6.04 Å². The molecule has 5 nitrogen and oxygen atoms in total. The molecule has 3 rings (SSSR count). The number of rotatable bonds is 4. The topological polar surface area (TPSA) is 83.8 Å². The number of nitrogens with zero attached hydrogens (tertiary/aromatic N) is 1. The number of anilines is 1. The van der Waals surface area contributed by atoms with Gasteiger partial charge in [0, 0.05) is 17.8 Å². The third-order valence-electron chi connectivity index (χ3n) is 3.63. The highest BCUT2D eigenvalue weighted by molar-refractivity contribution is 5.92. The minimum atomic E-state index is -0.466. The lowest BCUT2D eigenvalue weighted by atomic mass is 10.1. The highest BCUT2D eigenvalue weighted by Crippen LogP contribution is 2.33. The first-order valence-corrected chi connectivity index (χ1v) is 6.92. The lowest BCUT2D eigenvalue weighted by Gasteiger charge is -2.07. The molecule has 0 spiro atoms. The summed E-state index contributed by atoms with van der Waals surface area (Å²) in [5.41, 5.74) is 9.02. The Morgan fingerprint density at radius 3 is 2.95 bits per heavy atom. The van der Waals surface area contributed by atoms with Crippen LogP contribution in [-0.2, 0) is 12.8 Å². The van der Waals surface area contributed by atoms with Gasteiger partial charge in [-0.15, -0.1) is 0 Å². The molecule has 5 heteroatoms. The molecule has 1 amide bonds. The van der Waals surface area contributed by atoms with Crippen LogP contribution in [-0.4, -0.2) is 15.9 Å². The number of nitrogens with two attached hydrogens (primary N) is 1. The van der Waals surface area contributed by atoms with Crippen LogP contribution >= 0.6 is 0 Å². The second kappa shape index (κ2) is 5.00. The number of aromatic nitrogens is 2. The molecule has 1 aromatic carbocycles. The molecule has 104 valence electrons. The second-order valence-corrected chi connectivity index (χ2v) is 5.12. The first-order valence-electron chi connectivity index (χ1n) is 6.92. The van der Waals surface area contributed by atoms with Crippen LogP contribution in [0.2, 0.25) is 0 Å². The number of carbonyl (C=O) groups is 1. The quantitative estimate of drug-likeness (QED) is 0.796. The van der Waals surface area contributed by atoms with E-state index in [1.165, 1.54) is 5.56 Å². The molecule has 0 saturated heterocycles. The summed E-state index contributed by atoms with van der Waals surface area (Å²) in [7, 11) is 0. The van der Waals surface area contributed by atoms with Crippen molar-refractivity contribution in [2.24, 2.45) is 5.73 Å². The predicted molar refractivity (Wildman–Crippen MR) is 77.6 cm³/mol. The van der Waals surface area contributed by atoms with E-state index in [4.69, 9.17) is 5.73 Å². The molecule has 20 heavy (non-hydrogen) atoms. The minimum Gasteiger partial charge on any atom is -0.375 e. The molecule has 0 bridgehead atoms. The van der Waals surface area contributed by atoms with Crippen molar-refractivity contribution in [3.8, 4) is 0 Å². The number of para-hydroxylation sites is 1. The van der Waals surface area contributed by atoms with Crippen LogP contribution < -0.4 is 11.1 Å². The van der Waals surface area contributed by atoms with Crippen molar-refractivity contribution >= 4 is 11.6 Å². The molecule has 1 aliphatic rings. The van der Waals surface area contributed by atoms with E-state index in [9.17, 15) is 4.79 Å². The summed E-state index contributed by atoms with van der Waals surface area (Å²) in [6.45, 7) is 2.06. The minimum absolute atomic E-state index is 0.0797. The highest BCUT2D eigenvalue weighted by Gasteiger charge is 2.26. The third-order valence-corrected chi connectivity index (χ3v) is 3.63. The molecule has 2 aromatic rings. The van der Waals surface area contributed by atoms with Gasteiger partial charge in [0.2, 0.25) is 0 Å². The number of hydrogen-bond donors (Lipinski definition) is 3. The standard InChI is InChI=1S/C15H18N4O/c1-2-5-11-13(14(16)20)19-15(18-11)12-8-9-6-3-4-7-10(9)17-12/h3-4,6-7,12,17H,2,5,8H2,1H3,(H2,16,20)(H,18,19). The number of amides is 1. The number of carbonyl (C=O) groups excluding carboxylic acids is 1. The second-order valence-electron chi connectivity index (χ2n) is 5.12. The Labute approximate surface area is 117 Å². The number of fused-ring (bicyclic) bond motifs is 1. The Morgan fingerprint density at radius 2 is 2.25 bits per heavy atom. The van der Waals surface area contributed by atoms with E-state index >= 15 is 0 Å². The van der Waals surface area contributed by atoms with Gasteiger partial charge in [-0.2, -0.15) is 0 Å². The summed E-state index contributed by atoms with van der Waals surface area (Å²) in [4.78, 5) is 19.1. The van der Waals surface area contributed by atoms with E-state index in [0.29, 0.717) is 5.69 Å². The molecule has 4 N–H and O–H groups in total. The summed E-state index contributed by atoms with van der Waals surface area (Å²) in [6, 6.07) is 8.28. The largest absolute Gasteiger partial charge is 0.375 e. The van der Waals surface area contributed by atoms with Crippen LogP contribution in [0.3, 0.4) is 0 Å². The number of H-pyrrole nitrogens is 1. The van der Waals surface area contributed by atoms with Gasteiger partial charge in [-0.3, -0.25) is 4.79 Å². The normalized spacial score (nSPS) is 16.8. The lowest BCUT2D eigenvalue weighted by Crippen LogP contribution is -2.14. The van der Waals surface area contributed by atoms with Crippen molar-refractivity contribution < 1.29 is 4.79 Å². The monoisotopic (exact) mass is 270 g/mol. The fourth-order valence-electron chi connectivity index (χ4n) is 2.69. The maximum absolute atomic E-state index is 11.5. The van der Waals surface area contributed by atoms with Crippen molar-refractivity contribution in [3.05, 3.63) is 47.0 Å². The fourth-order valence-corrected chi connectivity index (χ4v) is 2.69. The smallest absolute Gasteiger partial charge is 0.269 e. The van der Waals surface area contributed by atoms with Gasteiger partial charge in [-0.25, -0.2) is 4.98 Å². The molecule has 1 aliphatic heterocycles. The van der Waals surface area contributed by atoms with Crippen molar-refractivity contribution in [1.82, 2.24) is 9.97 Å². The van der Waals surface area contributed by atoms with Crippen LogP contribution in [0, 0.1) is 0 Å². The van der Waals surface area contributed by atoms with Gasteiger partial charge >= 0.3 is 0 Å². The zero-order chi connectivity index (χ0) is 14.1. The number of hydrogen-bond acceptors (Lipinski definition) is 3. The molecule has 0 fully saturated rings.